The summed E-state index contributed by atoms with van der Waals surface area (Å²) >= 11 is 0. The van der Waals surface area contributed by atoms with E-state index in [-0.39, 0.29) is 11.7 Å². The molecule has 0 bridgehead atoms. The van der Waals surface area contributed by atoms with Crippen molar-refractivity contribution in [2.45, 2.75) is 19.4 Å². The van der Waals surface area contributed by atoms with E-state index in [0.717, 1.165) is 0 Å². The minimum atomic E-state index is -0.101. The van der Waals surface area contributed by atoms with E-state index in [2.05, 4.69) is 11.2 Å². The predicted octanol–water partition coefficient (Wildman–Crippen LogP) is 1.42. The summed E-state index contributed by atoms with van der Waals surface area (Å²) in [5.74, 6) is 2.49. The van der Waals surface area contributed by atoms with Crippen LogP contribution in [0.4, 0.5) is 0 Å². The van der Waals surface area contributed by atoms with Gasteiger partial charge in [0.2, 0.25) is 5.91 Å². The van der Waals surface area contributed by atoms with Crippen molar-refractivity contribution in [1.82, 2.24) is 5.32 Å². The second kappa shape index (κ2) is 5.71. The lowest BCUT2D eigenvalue weighted by Gasteiger charge is -2.05. The van der Waals surface area contributed by atoms with Gasteiger partial charge in [0.1, 0.15) is 5.75 Å². The van der Waals surface area contributed by atoms with Crippen molar-refractivity contribution in [2.24, 2.45) is 0 Å². The number of phenolic OH excluding ortho intramolecular Hbond substituents is 1. The lowest BCUT2D eigenvalue weighted by atomic mass is 10.2. The Kier molecular flexibility index (Phi) is 4.24. The molecule has 0 aromatic heterocycles. The van der Waals surface area contributed by atoms with Crippen molar-refractivity contribution < 1.29 is 9.90 Å². The van der Waals surface area contributed by atoms with Gasteiger partial charge in [-0.25, -0.2) is 0 Å². The summed E-state index contributed by atoms with van der Waals surface area (Å²) in [6, 6.07) is 6.89. The number of benzene rings is 1. The summed E-state index contributed by atoms with van der Waals surface area (Å²) in [5, 5.41) is 12.1. The van der Waals surface area contributed by atoms with Crippen LogP contribution in [0.3, 0.4) is 0 Å². The van der Waals surface area contributed by atoms with Crippen molar-refractivity contribution in [2.75, 3.05) is 0 Å². The summed E-state index contributed by atoms with van der Waals surface area (Å²) in [6.07, 6.45) is 5.80. The van der Waals surface area contributed by atoms with Crippen LogP contribution in [0.2, 0.25) is 0 Å². The molecule has 0 fully saturated rings. The Balaban J connectivity index is 2.41. The fourth-order valence-electron chi connectivity index (χ4n) is 1.13. The molecule has 1 amide bonds. The van der Waals surface area contributed by atoms with E-state index < -0.39 is 0 Å². The molecular weight excluding hydrogens is 190 g/mol. The highest BCUT2D eigenvalue weighted by Gasteiger charge is 2.02. The quantitative estimate of drug-likeness (QED) is 0.727. The molecule has 2 N–H and O–H groups in total. The van der Waals surface area contributed by atoms with Gasteiger partial charge in [-0.05, 0) is 6.07 Å². The van der Waals surface area contributed by atoms with Crippen LogP contribution in [0.5, 0.6) is 5.75 Å². The molecule has 0 saturated carbocycles. The van der Waals surface area contributed by atoms with Crippen LogP contribution < -0.4 is 5.32 Å². The molecule has 3 nitrogen and oxygen atoms in total. The molecule has 0 atom stereocenters. The predicted molar refractivity (Wildman–Crippen MR) is 58.0 cm³/mol. The maximum atomic E-state index is 11.2. The third kappa shape index (κ3) is 3.74. The minimum absolute atomic E-state index is 0.101. The van der Waals surface area contributed by atoms with Gasteiger partial charge >= 0.3 is 0 Å². The normalized spacial score (nSPS) is 9.27. The van der Waals surface area contributed by atoms with Gasteiger partial charge in [0, 0.05) is 24.9 Å². The number of carbonyl (C=O) groups is 1. The van der Waals surface area contributed by atoms with Crippen LogP contribution in [-0.2, 0) is 11.3 Å². The molecule has 0 aliphatic heterocycles. The lowest BCUT2D eigenvalue weighted by Crippen LogP contribution is -2.22. The van der Waals surface area contributed by atoms with Crippen LogP contribution >= 0.6 is 0 Å². The third-order valence-electron chi connectivity index (χ3n) is 1.96. The Morgan fingerprint density at radius 2 is 2.20 bits per heavy atom. The van der Waals surface area contributed by atoms with Gasteiger partial charge in [0.15, 0.2) is 0 Å². The molecule has 0 radical (unpaired) electrons. The zero-order valence-electron chi connectivity index (χ0n) is 8.36. The second-order valence-corrected chi connectivity index (χ2v) is 3.11. The van der Waals surface area contributed by atoms with Crippen molar-refractivity contribution in [3.8, 4) is 18.1 Å². The molecule has 0 aliphatic carbocycles. The highest BCUT2D eigenvalue weighted by atomic mass is 16.3. The molecule has 0 unspecified atom stereocenters. The molecule has 3 heteroatoms. The number of hydrogen-bond donors (Lipinski definition) is 2. The Morgan fingerprint density at radius 1 is 1.47 bits per heavy atom. The van der Waals surface area contributed by atoms with Crippen molar-refractivity contribution in [3.63, 3.8) is 0 Å². The number of rotatable bonds is 4. The van der Waals surface area contributed by atoms with Crippen LogP contribution in [-0.4, -0.2) is 11.0 Å². The third-order valence-corrected chi connectivity index (χ3v) is 1.96. The molecule has 78 valence electrons. The average Bonchev–Trinajstić information content (AvgIpc) is 2.25. The zero-order chi connectivity index (χ0) is 11.1. The maximum absolute atomic E-state index is 11.2. The standard InChI is InChI=1S/C12H13NO2/c1-2-3-8-12(15)13-9-10-6-4-5-7-11(10)14/h1,4-7,14H,3,8-9H2,(H,13,15). The number of carbonyl (C=O) groups excluding carboxylic acids is 1. The lowest BCUT2D eigenvalue weighted by molar-refractivity contribution is -0.121. The van der Waals surface area contributed by atoms with E-state index >= 15 is 0 Å². The summed E-state index contributed by atoms with van der Waals surface area (Å²) in [7, 11) is 0. The molecule has 0 saturated heterocycles. The molecule has 0 heterocycles. The highest BCUT2D eigenvalue weighted by molar-refractivity contribution is 5.76. The van der Waals surface area contributed by atoms with Crippen molar-refractivity contribution >= 4 is 5.91 Å². The van der Waals surface area contributed by atoms with E-state index in [1.54, 1.807) is 18.2 Å². The number of para-hydroxylation sites is 1. The maximum Gasteiger partial charge on any atom is 0.221 e. The summed E-state index contributed by atoms with van der Waals surface area (Å²) in [4.78, 5) is 11.2. The SMILES string of the molecule is C#CCCC(=O)NCc1ccccc1O. The topological polar surface area (TPSA) is 49.3 Å². The fourth-order valence-corrected chi connectivity index (χ4v) is 1.13. The largest absolute Gasteiger partial charge is 0.508 e. The first kappa shape index (κ1) is 11.1. The van der Waals surface area contributed by atoms with Gasteiger partial charge in [-0.2, -0.15) is 0 Å². The van der Waals surface area contributed by atoms with Gasteiger partial charge in [0.05, 0.1) is 0 Å². The number of nitrogens with one attached hydrogen (secondary N) is 1. The summed E-state index contributed by atoms with van der Waals surface area (Å²) in [6.45, 7) is 0.329. The fraction of sp³-hybridized carbons (Fsp3) is 0.250. The van der Waals surface area contributed by atoms with E-state index in [1.165, 1.54) is 0 Å². The first-order chi connectivity index (χ1) is 7.24. The Morgan fingerprint density at radius 3 is 2.87 bits per heavy atom. The van der Waals surface area contributed by atoms with Gasteiger partial charge < -0.3 is 10.4 Å². The van der Waals surface area contributed by atoms with E-state index in [1.807, 2.05) is 6.07 Å². The number of terminal acetylenes is 1. The number of phenols is 1. The van der Waals surface area contributed by atoms with Crippen LogP contribution in [0, 0.1) is 12.3 Å². The molecular formula is C12H13NO2. The van der Waals surface area contributed by atoms with Gasteiger partial charge in [0.25, 0.3) is 0 Å². The van der Waals surface area contributed by atoms with E-state index in [9.17, 15) is 9.90 Å². The van der Waals surface area contributed by atoms with Crippen LogP contribution in [0.15, 0.2) is 24.3 Å². The molecule has 1 rings (SSSR count). The second-order valence-electron chi connectivity index (χ2n) is 3.11. The summed E-state index contributed by atoms with van der Waals surface area (Å²) in [5.41, 5.74) is 0.701. The molecule has 1 aromatic rings. The summed E-state index contributed by atoms with van der Waals surface area (Å²) < 4.78 is 0. The van der Waals surface area contributed by atoms with Crippen LogP contribution in [0.25, 0.3) is 0 Å². The van der Waals surface area contributed by atoms with Crippen molar-refractivity contribution in [1.29, 1.82) is 0 Å². The molecule has 0 spiro atoms. The molecule has 15 heavy (non-hydrogen) atoms. The molecule has 0 aliphatic rings. The van der Waals surface area contributed by atoms with Gasteiger partial charge in [-0.3, -0.25) is 4.79 Å². The Hall–Kier alpha value is -1.95. The van der Waals surface area contributed by atoms with E-state index in [0.29, 0.717) is 24.9 Å². The highest BCUT2D eigenvalue weighted by Crippen LogP contribution is 2.14. The zero-order valence-corrected chi connectivity index (χ0v) is 8.36. The molecule has 1 aromatic carbocycles. The monoisotopic (exact) mass is 203 g/mol. The first-order valence-corrected chi connectivity index (χ1v) is 4.71. The van der Waals surface area contributed by atoms with E-state index in [4.69, 9.17) is 6.42 Å². The minimum Gasteiger partial charge on any atom is -0.508 e. The van der Waals surface area contributed by atoms with Crippen LogP contribution in [0.1, 0.15) is 18.4 Å². The Bertz CT molecular complexity index is 379. The first-order valence-electron chi connectivity index (χ1n) is 4.71. The van der Waals surface area contributed by atoms with Gasteiger partial charge in [-0.15, -0.1) is 12.3 Å². The Labute approximate surface area is 89.1 Å². The van der Waals surface area contributed by atoms with Crippen molar-refractivity contribution in [3.05, 3.63) is 29.8 Å². The smallest absolute Gasteiger partial charge is 0.221 e. The number of hydrogen-bond acceptors (Lipinski definition) is 2. The number of aromatic hydroxyl groups is 1. The van der Waals surface area contributed by atoms with Gasteiger partial charge in [-0.1, -0.05) is 18.2 Å². The average molecular weight is 203 g/mol. The number of amides is 1.